The lowest BCUT2D eigenvalue weighted by Crippen LogP contribution is -2.42. The number of rotatable bonds is 3. The summed E-state index contributed by atoms with van der Waals surface area (Å²) in [5, 5.41) is 0. The summed E-state index contributed by atoms with van der Waals surface area (Å²) >= 11 is 0. The van der Waals surface area contributed by atoms with Gasteiger partial charge in [0.25, 0.3) is 0 Å². The molecular formula is C22H29NO4. The Kier molecular flexibility index (Phi) is 4.44. The second kappa shape index (κ2) is 6.54. The number of carbonyl (C=O) groups excluding carboxylic acids is 2. The van der Waals surface area contributed by atoms with E-state index in [0.717, 1.165) is 37.9 Å². The summed E-state index contributed by atoms with van der Waals surface area (Å²) in [6.07, 6.45) is 4.93. The molecule has 1 amide bonds. The van der Waals surface area contributed by atoms with Crippen molar-refractivity contribution in [3.05, 3.63) is 29.3 Å². The molecule has 1 aromatic rings. The van der Waals surface area contributed by atoms with Crippen LogP contribution in [0.4, 0.5) is 4.79 Å². The largest absolute Gasteiger partial charge is 0.489 e. The minimum Gasteiger partial charge on any atom is -0.489 e. The number of carbonyl (C=O) groups is 2. The highest BCUT2D eigenvalue weighted by molar-refractivity contribution is 5.81. The Morgan fingerprint density at radius 1 is 1.19 bits per heavy atom. The van der Waals surface area contributed by atoms with Crippen molar-refractivity contribution >= 4 is 11.9 Å². The molecule has 5 nitrogen and oxygen atoms in total. The molecule has 0 N–H and O–H groups in total. The molecule has 4 rings (SSSR count). The van der Waals surface area contributed by atoms with Crippen molar-refractivity contribution in [1.82, 2.24) is 4.90 Å². The Balaban J connectivity index is 1.46. The zero-order valence-corrected chi connectivity index (χ0v) is 16.5. The number of fused-ring (bicyclic) bond motifs is 1. The first-order valence-corrected chi connectivity index (χ1v) is 9.99. The van der Waals surface area contributed by atoms with Crippen LogP contribution in [0.15, 0.2) is 18.2 Å². The van der Waals surface area contributed by atoms with Gasteiger partial charge in [-0.2, -0.15) is 0 Å². The summed E-state index contributed by atoms with van der Waals surface area (Å²) < 4.78 is 11.6. The van der Waals surface area contributed by atoms with Crippen LogP contribution in [0.1, 0.15) is 57.6 Å². The maximum Gasteiger partial charge on any atom is 0.410 e. The number of hydrogen-bond donors (Lipinski definition) is 0. The van der Waals surface area contributed by atoms with Crippen LogP contribution in [0.5, 0.6) is 5.75 Å². The highest BCUT2D eigenvalue weighted by Crippen LogP contribution is 2.48. The fourth-order valence-corrected chi connectivity index (χ4v) is 4.75. The topological polar surface area (TPSA) is 55.8 Å². The average Bonchev–Trinajstić information content (AvgIpc) is 3.16. The molecule has 1 saturated carbocycles. The van der Waals surface area contributed by atoms with E-state index in [1.165, 1.54) is 11.1 Å². The molecule has 1 heterocycles. The molecule has 0 aromatic heterocycles. The zero-order valence-electron chi connectivity index (χ0n) is 16.5. The van der Waals surface area contributed by atoms with Gasteiger partial charge in [0, 0.05) is 18.4 Å². The maximum atomic E-state index is 12.1. The van der Waals surface area contributed by atoms with Gasteiger partial charge < -0.3 is 9.47 Å². The summed E-state index contributed by atoms with van der Waals surface area (Å²) in [7, 11) is 0. The Hall–Kier alpha value is -2.04. The van der Waals surface area contributed by atoms with E-state index < -0.39 is 0 Å². The molecule has 146 valence electrons. The number of amides is 1. The normalized spacial score (nSPS) is 27.8. The van der Waals surface area contributed by atoms with Crippen molar-refractivity contribution < 1.29 is 19.1 Å². The van der Waals surface area contributed by atoms with Crippen LogP contribution in [0, 0.1) is 5.41 Å². The maximum absolute atomic E-state index is 12.1. The zero-order chi connectivity index (χ0) is 19.2. The van der Waals surface area contributed by atoms with Crippen molar-refractivity contribution in [3.63, 3.8) is 0 Å². The van der Waals surface area contributed by atoms with Crippen LogP contribution in [0.3, 0.4) is 0 Å². The van der Waals surface area contributed by atoms with E-state index in [-0.39, 0.29) is 23.2 Å². The fraction of sp³-hybridized carbons (Fsp3) is 0.636. The molecule has 27 heavy (non-hydrogen) atoms. The second-order valence-electron chi connectivity index (χ2n) is 9.38. The van der Waals surface area contributed by atoms with Gasteiger partial charge in [0.05, 0.1) is 6.54 Å². The third-order valence-corrected chi connectivity index (χ3v) is 6.32. The van der Waals surface area contributed by atoms with E-state index in [2.05, 4.69) is 6.07 Å². The number of benzene rings is 1. The van der Waals surface area contributed by atoms with Gasteiger partial charge in [-0.3, -0.25) is 9.69 Å². The Bertz CT molecular complexity index is 766. The second-order valence-corrected chi connectivity index (χ2v) is 9.38. The molecule has 0 radical (unpaired) electrons. The molecule has 1 spiro atoms. The summed E-state index contributed by atoms with van der Waals surface area (Å²) in [6.45, 7) is 6.94. The number of Topliss-reactive ketones (excluding diaryl/α,β-unsaturated/α-hetero) is 1. The number of hydrogen-bond acceptors (Lipinski definition) is 4. The van der Waals surface area contributed by atoms with Crippen molar-refractivity contribution in [2.75, 3.05) is 13.2 Å². The molecular weight excluding hydrogens is 342 g/mol. The highest BCUT2D eigenvalue weighted by Gasteiger charge is 2.42. The van der Waals surface area contributed by atoms with Gasteiger partial charge in [0.15, 0.2) is 6.10 Å². The first-order valence-electron chi connectivity index (χ1n) is 9.99. The average molecular weight is 371 g/mol. The summed E-state index contributed by atoms with van der Waals surface area (Å²) in [5.74, 6) is 1.29. The fourth-order valence-electron chi connectivity index (χ4n) is 4.75. The standard InChI is InChI=1S/C22H29NO4/c1-21(2,3)23-13-17(27-20(23)25)14-26-19-6-4-5-15-7-9-22(12-18(15)19)10-8-16(24)11-22/h4-6,17H,7-14H2,1-3H3/t17-,22?/m0/s1. The van der Waals surface area contributed by atoms with Crippen LogP contribution in [-0.2, 0) is 22.4 Å². The van der Waals surface area contributed by atoms with Gasteiger partial charge in [0.1, 0.15) is 18.1 Å². The molecule has 2 aliphatic carbocycles. The summed E-state index contributed by atoms with van der Waals surface area (Å²) in [4.78, 5) is 25.7. The van der Waals surface area contributed by atoms with E-state index in [0.29, 0.717) is 25.4 Å². The van der Waals surface area contributed by atoms with E-state index in [1.807, 2.05) is 32.9 Å². The quantitative estimate of drug-likeness (QED) is 0.808. The van der Waals surface area contributed by atoms with Crippen molar-refractivity contribution in [1.29, 1.82) is 0 Å². The van der Waals surface area contributed by atoms with Gasteiger partial charge in [-0.1, -0.05) is 12.1 Å². The molecule has 1 aromatic carbocycles. The van der Waals surface area contributed by atoms with Gasteiger partial charge in [0.2, 0.25) is 0 Å². The lowest BCUT2D eigenvalue weighted by atomic mass is 9.70. The SMILES string of the molecule is CC(C)(C)N1C[C@@H](COc2cccc3c2CC2(CCC(=O)C2)CC3)OC1=O. The molecule has 3 aliphatic rings. The molecule has 1 unspecified atom stereocenters. The molecule has 5 heteroatoms. The van der Waals surface area contributed by atoms with Gasteiger partial charge in [-0.25, -0.2) is 4.79 Å². The first-order chi connectivity index (χ1) is 12.8. The van der Waals surface area contributed by atoms with E-state index in [9.17, 15) is 9.59 Å². The number of ketones is 1. The minimum absolute atomic E-state index is 0.131. The third-order valence-electron chi connectivity index (χ3n) is 6.32. The first kappa shape index (κ1) is 18.3. The monoisotopic (exact) mass is 371 g/mol. The van der Waals surface area contributed by atoms with E-state index >= 15 is 0 Å². The highest BCUT2D eigenvalue weighted by atomic mass is 16.6. The van der Waals surface area contributed by atoms with Gasteiger partial charge >= 0.3 is 6.09 Å². The number of nitrogens with zero attached hydrogens (tertiary/aromatic N) is 1. The van der Waals surface area contributed by atoms with Crippen LogP contribution in [-0.4, -0.2) is 41.6 Å². The smallest absolute Gasteiger partial charge is 0.410 e. The van der Waals surface area contributed by atoms with Crippen LogP contribution in [0.2, 0.25) is 0 Å². The summed E-state index contributed by atoms with van der Waals surface area (Å²) in [6, 6.07) is 6.21. The predicted molar refractivity (Wildman–Crippen MR) is 102 cm³/mol. The number of ether oxygens (including phenoxy) is 2. The van der Waals surface area contributed by atoms with Crippen LogP contribution < -0.4 is 4.74 Å². The van der Waals surface area contributed by atoms with Gasteiger partial charge in [-0.05, 0) is 69.1 Å². The van der Waals surface area contributed by atoms with Crippen LogP contribution >= 0.6 is 0 Å². The van der Waals surface area contributed by atoms with Crippen LogP contribution in [0.25, 0.3) is 0 Å². The Morgan fingerprint density at radius 3 is 2.63 bits per heavy atom. The minimum atomic E-state index is -0.269. The number of cyclic esters (lactones) is 1. The molecule has 1 saturated heterocycles. The lowest BCUT2D eigenvalue weighted by Gasteiger charge is -2.35. The number of aryl methyl sites for hydroxylation is 1. The Morgan fingerprint density at radius 2 is 1.96 bits per heavy atom. The van der Waals surface area contributed by atoms with Crippen molar-refractivity contribution in [3.8, 4) is 5.75 Å². The van der Waals surface area contributed by atoms with E-state index in [1.54, 1.807) is 4.90 Å². The molecule has 1 aliphatic heterocycles. The third kappa shape index (κ3) is 3.56. The van der Waals surface area contributed by atoms with Crippen molar-refractivity contribution in [2.45, 2.75) is 70.9 Å². The van der Waals surface area contributed by atoms with E-state index in [4.69, 9.17) is 9.47 Å². The Labute approximate surface area is 161 Å². The molecule has 2 fully saturated rings. The predicted octanol–water partition coefficient (Wildman–Crippen LogP) is 3.91. The summed E-state index contributed by atoms with van der Waals surface area (Å²) in [5.41, 5.74) is 2.46. The lowest BCUT2D eigenvalue weighted by molar-refractivity contribution is -0.118. The van der Waals surface area contributed by atoms with Gasteiger partial charge in [-0.15, -0.1) is 0 Å². The molecule has 0 bridgehead atoms. The molecule has 2 atom stereocenters. The van der Waals surface area contributed by atoms with Crippen molar-refractivity contribution in [2.24, 2.45) is 5.41 Å².